The third-order valence-corrected chi connectivity index (χ3v) is 6.59. The van der Waals surface area contributed by atoms with Gasteiger partial charge in [-0.15, -0.1) is 0 Å². The summed E-state index contributed by atoms with van der Waals surface area (Å²) < 4.78 is 46.0. The van der Waals surface area contributed by atoms with E-state index in [-0.39, 0.29) is 22.6 Å². The predicted molar refractivity (Wildman–Crippen MR) is 101 cm³/mol. The van der Waals surface area contributed by atoms with Crippen LogP contribution >= 0.6 is 11.3 Å². The van der Waals surface area contributed by atoms with Crippen molar-refractivity contribution in [3.63, 3.8) is 0 Å². The maximum absolute atomic E-state index is 13.4. The molecule has 0 aliphatic heterocycles. The minimum atomic E-state index is -4.27. The van der Waals surface area contributed by atoms with Crippen molar-refractivity contribution in [1.29, 1.82) is 0 Å². The molecule has 142 valence electrons. The lowest BCUT2D eigenvalue weighted by molar-refractivity contribution is -0.117. The van der Waals surface area contributed by atoms with Gasteiger partial charge in [0.2, 0.25) is 5.91 Å². The number of aryl methyl sites for hydroxylation is 1. The summed E-state index contributed by atoms with van der Waals surface area (Å²) in [7, 11) is -4.27. The lowest BCUT2D eigenvalue weighted by Crippen LogP contribution is -2.37. The summed E-state index contributed by atoms with van der Waals surface area (Å²) in [6.45, 7) is 3.22. The van der Waals surface area contributed by atoms with E-state index in [1.165, 1.54) is 25.1 Å². The molecule has 1 heterocycles. The Labute approximate surface area is 158 Å². The maximum atomic E-state index is 13.4. The van der Waals surface area contributed by atoms with Crippen LogP contribution in [0.3, 0.4) is 0 Å². The number of benzene rings is 2. The van der Waals surface area contributed by atoms with Gasteiger partial charge in [0.15, 0.2) is 0 Å². The Morgan fingerprint density at radius 2 is 1.96 bits per heavy atom. The van der Waals surface area contributed by atoms with Gasteiger partial charge >= 0.3 is 4.94 Å². The van der Waals surface area contributed by atoms with Crippen LogP contribution in [0.2, 0.25) is 0 Å². The van der Waals surface area contributed by atoms with Crippen molar-refractivity contribution in [3.05, 3.63) is 57.5 Å². The Balaban J connectivity index is 2.20. The number of nitrogens with zero attached hydrogens (tertiary/aromatic N) is 1. The molecule has 0 radical (unpaired) electrons. The number of rotatable bonds is 5. The Morgan fingerprint density at radius 1 is 1.22 bits per heavy atom. The summed E-state index contributed by atoms with van der Waals surface area (Å²) in [6.07, 6.45) is 0.466. The number of carbonyl (C=O) groups excluding carboxylic acids is 1. The molecule has 0 N–H and O–H groups in total. The van der Waals surface area contributed by atoms with Gasteiger partial charge in [0.25, 0.3) is 10.0 Å². The molecule has 3 aromatic rings. The number of anilines is 1. The predicted octanol–water partition coefficient (Wildman–Crippen LogP) is 3.82. The number of hydrogen-bond donors (Lipinski definition) is 0. The van der Waals surface area contributed by atoms with Gasteiger partial charge in [-0.05, 0) is 55.3 Å². The Kier molecular flexibility index (Phi) is 5.16. The monoisotopic (exact) mass is 409 g/mol. The quantitative estimate of drug-likeness (QED) is 0.639. The molecule has 0 unspecified atom stereocenters. The number of carbonyl (C=O) groups is 1. The van der Waals surface area contributed by atoms with Gasteiger partial charge in [0, 0.05) is 6.42 Å². The summed E-state index contributed by atoms with van der Waals surface area (Å²) in [6, 6.07) is 7.55. The summed E-state index contributed by atoms with van der Waals surface area (Å²) in [4.78, 5) is 23.4. The Morgan fingerprint density at radius 3 is 2.63 bits per heavy atom. The first kappa shape index (κ1) is 19.2. The van der Waals surface area contributed by atoms with Gasteiger partial charge in [0.1, 0.15) is 11.4 Å². The lowest BCUT2D eigenvalue weighted by atomic mass is 10.2. The van der Waals surface area contributed by atoms with Crippen LogP contribution in [-0.2, 0) is 14.8 Å². The van der Waals surface area contributed by atoms with Crippen molar-refractivity contribution >= 4 is 43.2 Å². The van der Waals surface area contributed by atoms with Crippen LogP contribution in [0.1, 0.15) is 25.3 Å². The normalized spacial score (nSPS) is 11.7. The molecule has 1 amide bonds. The van der Waals surface area contributed by atoms with E-state index in [4.69, 9.17) is 4.42 Å². The highest BCUT2D eigenvalue weighted by molar-refractivity contribution is 7.93. The van der Waals surface area contributed by atoms with Crippen LogP contribution < -0.4 is 9.24 Å². The highest BCUT2D eigenvalue weighted by Crippen LogP contribution is 2.30. The van der Waals surface area contributed by atoms with Gasteiger partial charge in [0.05, 0.1) is 15.3 Å². The van der Waals surface area contributed by atoms with Crippen molar-refractivity contribution in [2.75, 3.05) is 4.31 Å². The van der Waals surface area contributed by atoms with Gasteiger partial charge in [-0.3, -0.25) is 4.79 Å². The van der Waals surface area contributed by atoms with Crippen LogP contribution in [0.25, 0.3) is 10.3 Å². The van der Waals surface area contributed by atoms with Gasteiger partial charge in [-0.25, -0.2) is 21.9 Å². The van der Waals surface area contributed by atoms with Crippen molar-refractivity contribution in [2.45, 2.75) is 31.6 Å². The molecule has 27 heavy (non-hydrogen) atoms. The lowest BCUT2D eigenvalue weighted by Gasteiger charge is -2.23. The SMILES string of the molecule is CCCC(=O)N(c1ccc2oc(=O)sc2c1)S(=O)(=O)c1ccc(F)cc1C. The van der Waals surface area contributed by atoms with Crippen molar-refractivity contribution in [2.24, 2.45) is 0 Å². The zero-order chi connectivity index (χ0) is 19.8. The molecule has 0 spiro atoms. The number of sulfonamides is 1. The summed E-state index contributed by atoms with van der Waals surface area (Å²) in [5.41, 5.74) is 0.604. The van der Waals surface area contributed by atoms with Gasteiger partial charge in [-0.1, -0.05) is 18.3 Å². The maximum Gasteiger partial charge on any atom is 0.396 e. The number of halogens is 1. The first-order valence-corrected chi connectivity index (χ1v) is 10.4. The third-order valence-electron chi connectivity index (χ3n) is 3.89. The second kappa shape index (κ2) is 7.24. The van der Waals surface area contributed by atoms with Crippen molar-refractivity contribution < 1.29 is 22.0 Å². The van der Waals surface area contributed by atoms with Crippen molar-refractivity contribution in [1.82, 2.24) is 0 Å². The van der Waals surface area contributed by atoms with Crippen LogP contribution in [-0.4, -0.2) is 14.3 Å². The molecule has 9 heteroatoms. The number of hydrogen-bond acceptors (Lipinski definition) is 6. The number of fused-ring (bicyclic) bond motifs is 1. The molecular weight excluding hydrogens is 393 g/mol. The Hall–Kier alpha value is -2.52. The largest absolute Gasteiger partial charge is 0.414 e. The van der Waals surface area contributed by atoms with E-state index in [9.17, 15) is 22.4 Å². The average molecular weight is 409 g/mol. The molecule has 6 nitrogen and oxygen atoms in total. The summed E-state index contributed by atoms with van der Waals surface area (Å²) in [5, 5.41) is 0. The molecule has 3 rings (SSSR count). The fourth-order valence-corrected chi connectivity index (χ4v) is 5.07. The minimum Gasteiger partial charge on any atom is -0.414 e. The second-order valence-electron chi connectivity index (χ2n) is 5.91. The third kappa shape index (κ3) is 3.65. The molecule has 0 saturated carbocycles. The van der Waals surface area contributed by atoms with E-state index >= 15 is 0 Å². The van der Waals surface area contributed by atoms with Crippen molar-refractivity contribution in [3.8, 4) is 0 Å². The van der Waals surface area contributed by atoms with Crippen LogP contribution in [0, 0.1) is 12.7 Å². The summed E-state index contributed by atoms with van der Waals surface area (Å²) in [5.74, 6) is -1.18. The number of amides is 1. The molecule has 0 aliphatic carbocycles. The highest BCUT2D eigenvalue weighted by Gasteiger charge is 2.32. The molecule has 0 atom stereocenters. The minimum absolute atomic E-state index is 0.0130. The second-order valence-corrected chi connectivity index (χ2v) is 8.64. The molecule has 2 aromatic carbocycles. The molecule has 0 bridgehead atoms. The summed E-state index contributed by atoms with van der Waals surface area (Å²) >= 11 is 0.816. The molecule has 1 aromatic heterocycles. The standard InChI is InChI=1S/C18H16FNO5S2/c1-3-4-17(21)20(13-6-7-14-15(10-13)26-18(22)25-14)27(23,24)16-8-5-12(19)9-11(16)2/h5-10H,3-4H2,1-2H3. The average Bonchev–Trinajstić information content (AvgIpc) is 2.94. The van der Waals surface area contributed by atoms with Crippen LogP contribution in [0.5, 0.6) is 0 Å². The van der Waals surface area contributed by atoms with Crippen LogP contribution in [0.15, 0.2) is 50.5 Å². The fraction of sp³-hybridized carbons (Fsp3) is 0.222. The Bertz CT molecular complexity index is 1180. The van der Waals surface area contributed by atoms with E-state index in [2.05, 4.69) is 0 Å². The first-order chi connectivity index (χ1) is 12.7. The van der Waals surface area contributed by atoms with E-state index < -0.39 is 26.7 Å². The molecule has 0 aliphatic rings. The fourth-order valence-electron chi connectivity index (χ4n) is 2.72. The van der Waals surface area contributed by atoms with E-state index in [1.54, 1.807) is 6.92 Å². The molecule has 0 saturated heterocycles. The zero-order valence-corrected chi connectivity index (χ0v) is 16.2. The van der Waals surface area contributed by atoms with Gasteiger partial charge < -0.3 is 4.42 Å². The first-order valence-electron chi connectivity index (χ1n) is 8.12. The molecular formula is C18H16FNO5S2. The van der Waals surface area contributed by atoms with Gasteiger partial charge in [-0.2, -0.15) is 0 Å². The van der Waals surface area contributed by atoms with Crippen LogP contribution in [0.4, 0.5) is 10.1 Å². The molecule has 0 fully saturated rings. The highest BCUT2D eigenvalue weighted by atomic mass is 32.2. The topological polar surface area (TPSA) is 84.7 Å². The van der Waals surface area contributed by atoms with E-state index in [0.717, 1.165) is 29.5 Å². The van der Waals surface area contributed by atoms with E-state index in [1.807, 2.05) is 0 Å². The zero-order valence-electron chi connectivity index (χ0n) is 14.6. The van der Waals surface area contributed by atoms with E-state index in [0.29, 0.717) is 21.0 Å². The smallest absolute Gasteiger partial charge is 0.396 e.